The molecular weight excluding hydrogens is 262 g/mol. The van der Waals surface area contributed by atoms with Gasteiger partial charge >= 0.3 is 0 Å². The van der Waals surface area contributed by atoms with E-state index in [2.05, 4.69) is 48.4 Å². The molecule has 5 heteroatoms. The van der Waals surface area contributed by atoms with Crippen molar-refractivity contribution in [3.63, 3.8) is 0 Å². The van der Waals surface area contributed by atoms with E-state index in [1.807, 2.05) is 42.1 Å². The Balaban J connectivity index is 1.95. The van der Waals surface area contributed by atoms with E-state index in [0.717, 1.165) is 18.9 Å². The number of aromatic nitrogens is 3. The van der Waals surface area contributed by atoms with Gasteiger partial charge in [0.1, 0.15) is 5.82 Å². The van der Waals surface area contributed by atoms with Gasteiger partial charge < -0.3 is 10.2 Å². The number of nitrogens with one attached hydrogen (secondary N) is 1. The van der Waals surface area contributed by atoms with E-state index >= 15 is 0 Å². The van der Waals surface area contributed by atoms with Crippen LogP contribution in [0.3, 0.4) is 0 Å². The van der Waals surface area contributed by atoms with Crippen molar-refractivity contribution in [2.45, 2.75) is 39.4 Å². The summed E-state index contributed by atoms with van der Waals surface area (Å²) >= 11 is 0. The van der Waals surface area contributed by atoms with Gasteiger partial charge in [-0.25, -0.2) is 4.98 Å². The molecule has 2 aromatic rings. The SMILES string of the molecule is CN(C)c1ncccc1CNCc1cnn(C(C)(C)C)c1. The third-order valence-corrected chi connectivity index (χ3v) is 3.26. The van der Waals surface area contributed by atoms with Crippen LogP contribution in [-0.4, -0.2) is 28.9 Å². The molecule has 0 radical (unpaired) electrons. The van der Waals surface area contributed by atoms with Crippen LogP contribution in [0.25, 0.3) is 0 Å². The Morgan fingerprint density at radius 2 is 2.00 bits per heavy atom. The zero-order valence-corrected chi connectivity index (χ0v) is 13.6. The van der Waals surface area contributed by atoms with Crippen LogP contribution in [0, 0.1) is 0 Å². The van der Waals surface area contributed by atoms with E-state index in [0.29, 0.717) is 0 Å². The van der Waals surface area contributed by atoms with Crippen molar-refractivity contribution < 1.29 is 0 Å². The van der Waals surface area contributed by atoms with Gasteiger partial charge in [-0.2, -0.15) is 5.10 Å². The van der Waals surface area contributed by atoms with E-state index in [9.17, 15) is 0 Å². The number of nitrogens with zero attached hydrogens (tertiary/aromatic N) is 4. The molecule has 0 spiro atoms. The molecule has 0 aliphatic rings. The lowest BCUT2D eigenvalue weighted by molar-refractivity contribution is 0.355. The van der Waals surface area contributed by atoms with Crippen molar-refractivity contribution in [2.24, 2.45) is 0 Å². The van der Waals surface area contributed by atoms with Crippen LogP contribution in [0.1, 0.15) is 31.9 Å². The normalized spacial score (nSPS) is 11.7. The Bertz CT molecular complexity index is 580. The predicted molar refractivity (Wildman–Crippen MR) is 86.3 cm³/mol. The molecule has 0 saturated carbocycles. The summed E-state index contributed by atoms with van der Waals surface area (Å²) < 4.78 is 2.00. The van der Waals surface area contributed by atoms with Crippen LogP contribution in [0.2, 0.25) is 0 Å². The smallest absolute Gasteiger partial charge is 0.132 e. The van der Waals surface area contributed by atoms with Crippen LogP contribution in [-0.2, 0) is 18.6 Å². The molecule has 0 aliphatic heterocycles. The largest absolute Gasteiger partial charge is 0.362 e. The van der Waals surface area contributed by atoms with Crippen molar-refractivity contribution in [3.8, 4) is 0 Å². The molecule has 21 heavy (non-hydrogen) atoms. The van der Waals surface area contributed by atoms with Gasteiger partial charge in [0.15, 0.2) is 0 Å². The first-order chi connectivity index (χ1) is 9.88. The highest BCUT2D eigenvalue weighted by atomic mass is 15.3. The Hall–Kier alpha value is -1.88. The quantitative estimate of drug-likeness (QED) is 0.917. The van der Waals surface area contributed by atoms with Crippen LogP contribution < -0.4 is 10.2 Å². The van der Waals surface area contributed by atoms with Gasteiger partial charge in [-0.3, -0.25) is 4.68 Å². The lowest BCUT2D eigenvalue weighted by Gasteiger charge is -2.18. The Morgan fingerprint density at radius 3 is 2.62 bits per heavy atom. The standard InChI is InChI=1S/C16H25N5/c1-16(2,3)21-12-13(10-19-21)9-17-11-14-7-6-8-18-15(14)20(4)5/h6-8,10,12,17H,9,11H2,1-5H3. The minimum atomic E-state index is 0.0275. The zero-order valence-electron chi connectivity index (χ0n) is 13.6. The third-order valence-electron chi connectivity index (χ3n) is 3.26. The fourth-order valence-electron chi connectivity index (χ4n) is 2.13. The minimum absolute atomic E-state index is 0.0275. The van der Waals surface area contributed by atoms with E-state index in [4.69, 9.17) is 0 Å². The molecule has 2 heterocycles. The monoisotopic (exact) mass is 287 g/mol. The highest BCUT2D eigenvalue weighted by Crippen LogP contribution is 2.15. The second-order valence-corrected chi connectivity index (χ2v) is 6.45. The molecule has 0 unspecified atom stereocenters. The van der Waals surface area contributed by atoms with Crippen LogP contribution >= 0.6 is 0 Å². The Labute approximate surface area is 127 Å². The second-order valence-electron chi connectivity index (χ2n) is 6.45. The summed E-state index contributed by atoms with van der Waals surface area (Å²) in [4.78, 5) is 6.45. The summed E-state index contributed by atoms with van der Waals surface area (Å²) in [6, 6.07) is 4.08. The van der Waals surface area contributed by atoms with Crippen molar-refractivity contribution in [1.29, 1.82) is 0 Å². The van der Waals surface area contributed by atoms with Gasteiger partial charge in [-0.15, -0.1) is 0 Å². The molecule has 2 aromatic heterocycles. The van der Waals surface area contributed by atoms with Crippen LogP contribution in [0.15, 0.2) is 30.7 Å². The van der Waals surface area contributed by atoms with Gasteiger partial charge in [-0.1, -0.05) is 6.07 Å². The molecule has 0 bridgehead atoms. The number of anilines is 1. The number of hydrogen-bond donors (Lipinski definition) is 1. The molecule has 0 saturated heterocycles. The van der Waals surface area contributed by atoms with E-state index in [1.54, 1.807) is 0 Å². The van der Waals surface area contributed by atoms with Gasteiger partial charge in [0.05, 0.1) is 11.7 Å². The Morgan fingerprint density at radius 1 is 1.24 bits per heavy atom. The Kier molecular flexibility index (Phi) is 4.63. The van der Waals surface area contributed by atoms with Crippen molar-refractivity contribution in [2.75, 3.05) is 19.0 Å². The molecule has 114 valence electrons. The van der Waals surface area contributed by atoms with E-state index in [1.165, 1.54) is 11.1 Å². The molecule has 2 rings (SSSR count). The van der Waals surface area contributed by atoms with Crippen LogP contribution in [0.5, 0.6) is 0 Å². The molecule has 0 fully saturated rings. The molecule has 0 amide bonds. The first-order valence-electron chi connectivity index (χ1n) is 7.24. The lowest BCUT2D eigenvalue weighted by Crippen LogP contribution is -2.22. The topological polar surface area (TPSA) is 46.0 Å². The summed E-state index contributed by atoms with van der Waals surface area (Å²) in [6.07, 6.45) is 5.85. The van der Waals surface area contributed by atoms with Crippen molar-refractivity contribution in [1.82, 2.24) is 20.1 Å². The second kappa shape index (κ2) is 6.26. The first-order valence-corrected chi connectivity index (χ1v) is 7.24. The molecular formula is C16H25N5. The number of pyridine rings is 1. The minimum Gasteiger partial charge on any atom is -0.362 e. The van der Waals surface area contributed by atoms with Gasteiger partial charge in [0.25, 0.3) is 0 Å². The molecule has 0 aromatic carbocycles. The molecule has 1 N–H and O–H groups in total. The van der Waals surface area contributed by atoms with Crippen LogP contribution in [0.4, 0.5) is 5.82 Å². The number of rotatable bonds is 5. The fourth-order valence-corrected chi connectivity index (χ4v) is 2.13. The molecule has 5 nitrogen and oxygen atoms in total. The van der Waals surface area contributed by atoms with Gasteiger partial charge in [0.2, 0.25) is 0 Å². The summed E-state index contributed by atoms with van der Waals surface area (Å²) in [5, 5.41) is 7.87. The number of hydrogen-bond acceptors (Lipinski definition) is 4. The highest BCUT2D eigenvalue weighted by molar-refractivity contribution is 5.44. The highest BCUT2D eigenvalue weighted by Gasteiger charge is 2.13. The maximum atomic E-state index is 4.41. The average Bonchev–Trinajstić information content (AvgIpc) is 2.88. The molecule has 0 atom stereocenters. The maximum absolute atomic E-state index is 4.41. The average molecular weight is 287 g/mol. The van der Waals surface area contributed by atoms with E-state index < -0.39 is 0 Å². The maximum Gasteiger partial charge on any atom is 0.132 e. The van der Waals surface area contributed by atoms with Crippen molar-refractivity contribution in [3.05, 3.63) is 41.9 Å². The summed E-state index contributed by atoms with van der Waals surface area (Å²) in [5.74, 6) is 1.01. The summed E-state index contributed by atoms with van der Waals surface area (Å²) in [6.45, 7) is 8.04. The van der Waals surface area contributed by atoms with Crippen molar-refractivity contribution >= 4 is 5.82 Å². The van der Waals surface area contributed by atoms with Gasteiger partial charge in [0, 0.05) is 50.7 Å². The lowest BCUT2D eigenvalue weighted by atomic mass is 10.1. The predicted octanol–water partition coefficient (Wildman–Crippen LogP) is 2.39. The summed E-state index contributed by atoms with van der Waals surface area (Å²) in [5.41, 5.74) is 2.42. The van der Waals surface area contributed by atoms with Gasteiger partial charge in [-0.05, 0) is 26.8 Å². The summed E-state index contributed by atoms with van der Waals surface area (Å²) in [7, 11) is 4.03. The zero-order chi connectivity index (χ0) is 15.5. The fraction of sp³-hybridized carbons (Fsp3) is 0.500. The van der Waals surface area contributed by atoms with E-state index in [-0.39, 0.29) is 5.54 Å². The molecule has 0 aliphatic carbocycles. The first kappa shape index (κ1) is 15.5. The third kappa shape index (κ3) is 4.04.